The zero-order chi connectivity index (χ0) is 22.4. The number of hydrogen-bond donors (Lipinski definition) is 3. The molecule has 8 heteroatoms. The van der Waals surface area contributed by atoms with E-state index in [0.29, 0.717) is 33.2 Å². The molecule has 6 nitrogen and oxygen atoms in total. The molecule has 1 amide bonds. The van der Waals surface area contributed by atoms with E-state index in [1.54, 1.807) is 42.5 Å². The monoisotopic (exact) mass is 502 g/mol. The highest BCUT2D eigenvalue weighted by Gasteiger charge is 2.09. The molecule has 0 aromatic heterocycles. The molecule has 0 saturated carbocycles. The van der Waals surface area contributed by atoms with Crippen LogP contribution >= 0.6 is 27.5 Å². The summed E-state index contributed by atoms with van der Waals surface area (Å²) in [6.07, 6.45) is 0. The van der Waals surface area contributed by atoms with Crippen LogP contribution in [0, 0.1) is 6.92 Å². The van der Waals surface area contributed by atoms with Crippen LogP contribution in [0.15, 0.2) is 65.1 Å². The second-order valence-corrected chi connectivity index (χ2v) is 8.07. The van der Waals surface area contributed by atoms with Crippen molar-refractivity contribution < 1.29 is 19.4 Å². The summed E-state index contributed by atoms with van der Waals surface area (Å²) >= 11 is 9.53. The molecule has 0 unspecified atom stereocenters. The van der Waals surface area contributed by atoms with E-state index < -0.39 is 5.97 Å². The number of halogens is 2. The number of carboxylic acid groups (broad SMARTS) is 1. The van der Waals surface area contributed by atoms with Gasteiger partial charge >= 0.3 is 5.97 Å². The van der Waals surface area contributed by atoms with E-state index in [1.165, 1.54) is 0 Å². The molecule has 31 heavy (non-hydrogen) atoms. The van der Waals surface area contributed by atoms with Crippen LogP contribution in [0.4, 0.5) is 11.4 Å². The van der Waals surface area contributed by atoms with E-state index in [-0.39, 0.29) is 18.1 Å². The zero-order valence-electron chi connectivity index (χ0n) is 16.6. The number of ether oxygens (including phenoxy) is 1. The van der Waals surface area contributed by atoms with Crippen molar-refractivity contribution >= 4 is 50.8 Å². The van der Waals surface area contributed by atoms with Crippen LogP contribution in [0.1, 0.15) is 21.5 Å². The van der Waals surface area contributed by atoms with Crippen molar-refractivity contribution in [3.05, 3.63) is 86.8 Å². The predicted molar refractivity (Wildman–Crippen MR) is 125 cm³/mol. The summed E-state index contributed by atoms with van der Waals surface area (Å²) in [5.74, 6) is -0.730. The van der Waals surface area contributed by atoms with Crippen molar-refractivity contribution in [2.45, 2.75) is 13.5 Å². The lowest BCUT2D eigenvalue weighted by Gasteiger charge is -2.12. The van der Waals surface area contributed by atoms with Crippen LogP contribution in [-0.4, -0.2) is 23.6 Å². The molecule has 3 rings (SSSR count). The molecule has 0 radical (unpaired) electrons. The molecule has 0 heterocycles. The van der Waals surface area contributed by atoms with E-state index >= 15 is 0 Å². The molecule has 0 aliphatic carbocycles. The number of benzene rings is 3. The standard InChI is InChI=1S/C23H20BrClN2O4/c1-14-5-7-18(11-20(14)25)27-22(28)13-31-21-8-6-15(9-19(21)24)12-26-17-4-2-3-16(10-17)23(29)30/h2-11,26H,12-13H2,1H3,(H,27,28)(H,29,30). The van der Waals surface area contributed by atoms with E-state index in [0.717, 1.165) is 11.1 Å². The molecule has 0 atom stereocenters. The Bertz CT molecular complexity index is 1120. The molecule has 0 aliphatic heterocycles. The normalized spacial score (nSPS) is 10.4. The Morgan fingerprint density at radius 3 is 2.58 bits per heavy atom. The van der Waals surface area contributed by atoms with E-state index in [2.05, 4.69) is 26.6 Å². The van der Waals surface area contributed by atoms with E-state index in [4.69, 9.17) is 21.4 Å². The van der Waals surface area contributed by atoms with Crippen LogP contribution in [0.25, 0.3) is 0 Å². The molecule has 3 N–H and O–H groups in total. The predicted octanol–water partition coefficient (Wildman–Crippen LogP) is 5.74. The minimum atomic E-state index is -0.970. The lowest BCUT2D eigenvalue weighted by Crippen LogP contribution is -2.20. The van der Waals surface area contributed by atoms with Crippen molar-refractivity contribution in [3.8, 4) is 5.75 Å². The van der Waals surface area contributed by atoms with Crippen LogP contribution in [0.2, 0.25) is 5.02 Å². The summed E-state index contributed by atoms with van der Waals surface area (Å²) in [4.78, 5) is 23.2. The fourth-order valence-corrected chi connectivity index (χ4v) is 3.47. The highest BCUT2D eigenvalue weighted by Crippen LogP contribution is 2.27. The summed E-state index contributed by atoms with van der Waals surface area (Å²) in [5, 5.41) is 15.6. The first-order valence-corrected chi connectivity index (χ1v) is 10.5. The summed E-state index contributed by atoms with van der Waals surface area (Å²) in [5.41, 5.74) is 3.43. The molecule has 0 bridgehead atoms. The maximum atomic E-state index is 12.1. The molecule has 3 aromatic carbocycles. The van der Waals surface area contributed by atoms with Crippen molar-refractivity contribution in [1.82, 2.24) is 0 Å². The highest BCUT2D eigenvalue weighted by molar-refractivity contribution is 9.10. The van der Waals surface area contributed by atoms with Gasteiger partial charge in [0.25, 0.3) is 5.91 Å². The van der Waals surface area contributed by atoms with Gasteiger partial charge in [0.15, 0.2) is 6.61 Å². The molecular formula is C23H20BrClN2O4. The highest BCUT2D eigenvalue weighted by atomic mass is 79.9. The number of aromatic carboxylic acids is 1. The van der Waals surface area contributed by atoms with Crippen molar-refractivity contribution in [2.24, 2.45) is 0 Å². The number of carbonyl (C=O) groups is 2. The van der Waals surface area contributed by atoms with Gasteiger partial charge in [0, 0.05) is 22.9 Å². The molecule has 3 aromatic rings. The minimum Gasteiger partial charge on any atom is -0.483 e. The SMILES string of the molecule is Cc1ccc(NC(=O)COc2ccc(CNc3cccc(C(=O)O)c3)cc2Br)cc1Cl. The smallest absolute Gasteiger partial charge is 0.335 e. The first kappa shape index (κ1) is 22.7. The van der Waals surface area contributed by atoms with E-state index in [9.17, 15) is 9.59 Å². The van der Waals surface area contributed by atoms with Crippen LogP contribution in [0.3, 0.4) is 0 Å². The lowest BCUT2D eigenvalue weighted by molar-refractivity contribution is -0.118. The second-order valence-electron chi connectivity index (χ2n) is 6.81. The molecule has 0 fully saturated rings. The molecule has 160 valence electrons. The van der Waals surface area contributed by atoms with Gasteiger partial charge in [0.1, 0.15) is 5.75 Å². The van der Waals surface area contributed by atoms with Gasteiger partial charge in [-0.3, -0.25) is 4.79 Å². The number of carboxylic acids is 1. The third kappa shape index (κ3) is 6.47. The van der Waals surface area contributed by atoms with Gasteiger partial charge in [0.2, 0.25) is 0 Å². The Balaban J connectivity index is 1.54. The van der Waals surface area contributed by atoms with Crippen molar-refractivity contribution in [1.29, 1.82) is 0 Å². The third-order valence-corrected chi connectivity index (χ3v) is 5.44. The average molecular weight is 504 g/mol. The number of anilines is 2. The molecule has 0 saturated heterocycles. The maximum Gasteiger partial charge on any atom is 0.335 e. The van der Waals surface area contributed by atoms with Crippen LogP contribution in [-0.2, 0) is 11.3 Å². The zero-order valence-corrected chi connectivity index (χ0v) is 19.0. The van der Waals surface area contributed by atoms with Crippen LogP contribution < -0.4 is 15.4 Å². The van der Waals surface area contributed by atoms with Gasteiger partial charge < -0.3 is 20.5 Å². The summed E-state index contributed by atoms with van der Waals surface area (Å²) in [6.45, 7) is 2.24. The number of hydrogen-bond acceptors (Lipinski definition) is 4. The molecule has 0 aliphatic rings. The van der Waals surface area contributed by atoms with Crippen LogP contribution in [0.5, 0.6) is 5.75 Å². The van der Waals surface area contributed by atoms with Gasteiger partial charge in [-0.1, -0.05) is 29.8 Å². The van der Waals surface area contributed by atoms with E-state index in [1.807, 2.05) is 25.1 Å². The first-order valence-electron chi connectivity index (χ1n) is 9.36. The Morgan fingerprint density at radius 2 is 1.87 bits per heavy atom. The molecular weight excluding hydrogens is 484 g/mol. The average Bonchev–Trinajstić information content (AvgIpc) is 2.74. The quantitative estimate of drug-likeness (QED) is 0.365. The van der Waals surface area contributed by atoms with Gasteiger partial charge in [0.05, 0.1) is 10.0 Å². The largest absolute Gasteiger partial charge is 0.483 e. The first-order chi connectivity index (χ1) is 14.8. The topological polar surface area (TPSA) is 87.7 Å². The van der Waals surface area contributed by atoms with Gasteiger partial charge in [-0.15, -0.1) is 0 Å². The number of nitrogens with one attached hydrogen (secondary N) is 2. The van der Waals surface area contributed by atoms with Gasteiger partial charge in [-0.2, -0.15) is 0 Å². The number of amides is 1. The third-order valence-electron chi connectivity index (χ3n) is 4.42. The second kappa shape index (κ2) is 10.3. The fourth-order valence-electron chi connectivity index (χ4n) is 2.75. The Kier molecular flexibility index (Phi) is 7.55. The molecule has 0 spiro atoms. The minimum absolute atomic E-state index is 0.149. The summed E-state index contributed by atoms with van der Waals surface area (Å²) in [7, 11) is 0. The Labute approximate surface area is 193 Å². The number of carbonyl (C=O) groups excluding carboxylic acids is 1. The van der Waals surface area contributed by atoms with Gasteiger partial charge in [-0.25, -0.2) is 4.79 Å². The Morgan fingerprint density at radius 1 is 1.06 bits per heavy atom. The summed E-state index contributed by atoms with van der Waals surface area (Å²) < 4.78 is 6.31. The summed E-state index contributed by atoms with van der Waals surface area (Å²) in [6, 6.07) is 17.4. The lowest BCUT2D eigenvalue weighted by atomic mass is 10.2. The number of rotatable bonds is 8. The maximum absolute atomic E-state index is 12.1. The van der Waals surface area contributed by atoms with Crippen molar-refractivity contribution in [3.63, 3.8) is 0 Å². The Hall–Kier alpha value is -3.03. The van der Waals surface area contributed by atoms with Crippen molar-refractivity contribution in [2.75, 3.05) is 17.2 Å². The fraction of sp³-hybridized carbons (Fsp3) is 0.130. The van der Waals surface area contributed by atoms with Gasteiger partial charge in [-0.05, 0) is 76.4 Å². The number of aryl methyl sites for hydroxylation is 1.